The number of carbonyl (C=O) groups is 1. The Morgan fingerprint density at radius 1 is 1.47 bits per heavy atom. The molecule has 0 heterocycles. The monoisotopic (exact) mass is 242 g/mol. The van der Waals surface area contributed by atoms with Gasteiger partial charge in [0.2, 0.25) is 0 Å². The molecule has 0 aromatic heterocycles. The van der Waals surface area contributed by atoms with E-state index in [9.17, 15) is 4.79 Å². The maximum absolute atomic E-state index is 11.9. The van der Waals surface area contributed by atoms with Crippen LogP contribution in [-0.2, 0) is 0 Å². The lowest BCUT2D eigenvalue weighted by Crippen LogP contribution is -2.43. The van der Waals surface area contributed by atoms with Crippen molar-refractivity contribution in [2.24, 2.45) is 5.92 Å². The summed E-state index contributed by atoms with van der Waals surface area (Å²) < 4.78 is 0. The molecule has 0 aromatic rings. The molecule has 0 aliphatic heterocycles. The molecule has 0 saturated heterocycles. The van der Waals surface area contributed by atoms with Crippen LogP contribution in [0, 0.1) is 5.92 Å². The summed E-state index contributed by atoms with van der Waals surface area (Å²) in [6.45, 7) is 3.05. The molecule has 1 aliphatic rings. The topological polar surface area (TPSA) is 52.6 Å². The summed E-state index contributed by atoms with van der Waals surface area (Å²) in [7, 11) is 1.87. The summed E-state index contributed by atoms with van der Waals surface area (Å²) in [6, 6.07) is 0.156. The van der Waals surface area contributed by atoms with Crippen molar-refractivity contribution >= 4 is 6.03 Å². The average molecular weight is 242 g/mol. The first kappa shape index (κ1) is 14.3. The number of hydrogen-bond acceptors (Lipinski definition) is 2. The number of nitrogens with one attached hydrogen (secondary N) is 1. The second-order valence-electron chi connectivity index (χ2n) is 5.25. The Morgan fingerprint density at radius 3 is 2.71 bits per heavy atom. The molecule has 1 unspecified atom stereocenters. The molecule has 1 saturated carbocycles. The summed E-state index contributed by atoms with van der Waals surface area (Å²) >= 11 is 0. The molecule has 2 N–H and O–H groups in total. The van der Waals surface area contributed by atoms with E-state index in [0.29, 0.717) is 5.92 Å². The van der Waals surface area contributed by atoms with Crippen LogP contribution in [0.3, 0.4) is 0 Å². The third-order valence-electron chi connectivity index (χ3n) is 3.52. The van der Waals surface area contributed by atoms with Crippen LogP contribution in [0.5, 0.6) is 0 Å². The summed E-state index contributed by atoms with van der Waals surface area (Å²) in [5.74, 6) is 0.693. The molecule has 1 rings (SSSR count). The van der Waals surface area contributed by atoms with Gasteiger partial charge in [0.25, 0.3) is 0 Å². The molecule has 0 radical (unpaired) electrons. The highest BCUT2D eigenvalue weighted by Crippen LogP contribution is 2.25. The largest absolute Gasteiger partial charge is 0.396 e. The van der Waals surface area contributed by atoms with E-state index in [2.05, 4.69) is 5.32 Å². The van der Waals surface area contributed by atoms with Crippen molar-refractivity contribution in [1.29, 1.82) is 0 Å². The Bertz CT molecular complexity index is 227. The van der Waals surface area contributed by atoms with E-state index in [4.69, 9.17) is 5.11 Å². The van der Waals surface area contributed by atoms with Crippen LogP contribution in [0.1, 0.15) is 45.4 Å². The number of urea groups is 1. The van der Waals surface area contributed by atoms with Crippen molar-refractivity contribution in [1.82, 2.24) is 10.2 Å². The van der Waals surface area contributed by atoms with Gasteiger partial charge in [-0.25, -0.2) is 4.79 Å². The van der Waals surface area contributed by atoms with Crippen molar-refractivity contribution in [3.05, 3.63) is 0 Å². The minimum Gasteiger partial charge on any atom is -0.396 e. The first-order chi connectivity index (χ1) is 8.13. The molecule has 0 aromatic carbocycles. The fourth-order valence-corrected chi connectivity index (χ4v) is 2.45. The second kappa shape index (κ2) is 7.54. The van der Waals surface area contributed by atoms with E-state index in [1.165, 1.54) is 25.7 Å². The second-order valence-corrected chi connectivity index (χ2v) is 5.25. The molecule has 0 spiro atoms. The number of carbonyl (C=O) groups excluding carboxylic acids is 1. The van der Waals surface area contributed by atoms with E-state index >= 15 is 0 Å². The minimum atomic E-state index is 0.0161. The van der Waals surface area contributed by atoms with Crippen LogP contribution < -0.4 is 5.32 Å². The van der Waals surface area contributed by atoms with Gasteiger partial charge in [0.05, 0.1) is 0 Å². The van der Waals surface area contributed by atoms with Gasteiger partial charge in [-0.1, -0.05) is 12.8 Å². The minimum absolute atomic E-state index is 0.0161. The number of aliphatic hydroxyl groups is 1. The Hall–Kier alpha value is -0.770. The Balaban J connectivity index is 2.20. The molecule has 4 nitrogen and oxygen atoms in total. The van der Waals surface area contributed by atoms with E-state index in [1.54, 1.807) is 4.90 Å². The van der Waals surface area contributed by atoms with Crippen LogP contribution >= 0.6 is 0 Å². The fraction of sp³-hybridized carbons (Fsp3) is 0.923. The Kier molecular flexibility index (Phi) is 6.34. The van der Waals surface area contributed by atoms with Gasteiger partial charge in [0.1, 0.15) is 0 Å². The quantitative estimate of drug-likeness (QED) is 0.748. The number of aliphatic hydroxyl groups excluding tert-OH is 1. The lowest BCUT2D eigenvalue weighted by atomic mass is 10.1. The predicted molar refractivity (Wildman–Crippen MR) is 68.9 cm³/mol. The molecule has 2 amide bonds. The molecule has 4 heteroatoms. The Morgan fingerprint density at radius 2 is 2.12 bits per heavy atom. The van der Waals surface area contributed by atoms with E-state index in [-0.39, 0.29) is 18.7 Å². The highest BCUT2D eigenvalue weighted by Gasteiger charge is 2.19. The number of rotatable bonds is 6. The van der Waals surface area contributed by atoms with Crippen LogP contribution in [0.15, 0.2) is 0 Å². The predicted octanol–water partition coefficient (Wildman–Crippen LogP) is 1.98. The van der Waals surface area contributed by atoms with Gasteiger partial charge in [-0.2, -0.15) is 0 Å². The van der Waals surface area contributed by atoms with Gasteiger partial charge >= 0.3 is 6.03 Å². The van der Waals surface area contributed by atoms with Crippen molar-refractivity contribution < 1.29 is 9.90 Å². The van der Waals surface area contributed by atoms with Gasteiger partial charge in [0.15, 0.2) is 0 Å². The average Bonchev–Trinajstić information content (AvgIpc) is 2.78. The maximum Gasteiger partial charge on any atom is 0.317 e. The smallest absolute Gasteiger partial charge is 0.317 e. The van der Waals surface area contributed by atoms with Gasteiger partial charge in [0, 0.05) is 26.2 Å². The summed E-state index contributed by atoms with van der Waals surface area (Å²) in [5, 5.41) is 11.7. The molecule has 0 bridgehead atoms. The lowest BCUT2D eigenvalue weighted by molar-refractivity contribution is 0.195. The van der Waals surface area contributed by atoms with E-state index in [1.807, 2.05) is 14.0 Å². The summed E-state index contributed by atoms with van der Waals surface area (Å²) in [6.07, 6.45) is 6.72. The summed E-state index contributed by atoms with van der Waals surface area (Å²) in [4.78, 5) is 13.7. The Labute approximate surface area is 104 Å². The lowest BCUT2D eigenvalue weighted by Gasteiger charge is -2.23. The maximum atomic E-state index is 11.9. The van der Waals surface area contributed by atoms with Crippen molar-refractivity contribution in [2.75, 3.05) is 20.2 Å². The molecule has 1 atom stereocenters. The summed E-state index contributed by atoms with van der Waals surface area (Å²) in [5.41, 5.74) is 0. The van der Waals surface area contributed by atoms with Crippen LogP contribution in [0.2, 0.25) is 0 Å². The molecule has 1 aliphatic carbocycles. The molecule has 17 heavy (non-hydrogen) atoms. The zero-order valence-electron chi connectivity index (χ0n) is 11.1. The molecule has 1 fully saturated rings. The number of amides is 2. The standard InChI is InChI=1S/C13H26N2O2/c1-11(6-5-9-16)14-13(17)15(2)10-12-7-3-4-8-12/h11-12,16H,3-10H2,1-2H3,(H,14,17). The first-order valence-electron chi connectivity index (χ1n) is 6.76. The van der Waals surface area contributed by atoms with Gasteiger partial charge in [-0.3, -0.25) is 0 Å². The molecular weight excluding hydrogens is 216 g/mol. The normalized spacial score (nSPS) is 18.1. The van der Waals surface area contributed by atoms with Crippen molar-refractivity contribution in [2.45, 2.75) is 51.5 Å². The third-order valence-corrected chi connectivity index (χ3v) is 3.52. The van der Waals surface area contributed by atoms with Crippen LogP contribution in [-0.4, -0.2) is 42.3 Å². The third kappa shape index (κ3) is 5.39. The zero-order valence-corrected chi connectivity index (χ0v) is 11.1. The number of hydrogen-bond donors (Lipinski definition) is 2. The number of nitrogens with zero attached hydrogens (tertiary/aromatic N) is 1. The van der Waals surface area contributed by atoms with E-state index < -0.39 is 0 Å². The highest BCUT2D eigenvalue weighted by molar-refractivity contribution is 5.74. The molecular formula is C13H26N2O2. The highest BCUT2D eigenvalue weighted by atomic mass is 16.3. The molecule has 100 valence electrons. The fourth-order valence-electron chi connectivity index (χ4n) is 2.45. The van der Waals surface area contributed by atoms with Crippen molar-refractivity contribution in [3.8, 4) is 0 Å². The van der Waals surface area contributed by atoms with Gasteiger partial charge < -0.3 is 15.3 Å². The van der Waals surface area contributed by atoms with Crippen LogP contribution in [0.4, 0.5) is 4.79 Å². The first-order valence-corrected chi connectivity index (χ1v) is 6.76. The van der Waals surface area contributed by atoms with Crippen LogP contribution in [0.25, 0.3) is 0 Å². The van der Waals surface area contributed by atoms with Crippen molar-refractivity contribution in [3.63, 3.8) is 0 Å². The van der Waals surface area contributed by atoms with Gasteiger partial charge in [-0.15, -0.1) is 0 Å². The zero-order chi connectivity index (χ0) is 12.7. The van der Waals surface area contributed by atoms with E-state index in [0.717, 1.165) is 19.4 Å². The SMILES string of the molecule is CC(CCCO)NC(=O)N(C)CC1CCCC1. The van der Waals surface area contributed by atoms with Gasteiger partial charge in [-0.05, 0) is 38.5 Å².